The van der Waals surface area contributed by atoms with Crippen molar-refractivity contribution in [2.75, 3.05) is 23.7 Å². The van der Waals surface area contributed by atoms with E-state index in [1.54, 1.807) is 0 Å². The predicted octanol–water partition coefficient (Wildman–Crippen LogP) is 7.82. The van der Waals surface area contributed by atoms with Gasteiger partial charge in [-0.25, -0.2) is 4.79 Å². The molecule has 2 aromatic carbocycles. The van der Waals surface area contributed by atoms with Gasteiger partial charge in [0, 0.05) is 24.5 Å². The highest BCUT2D eigenvalue weighted by atomic mass is 35.5. The van der Waals surface area contributed by atoms with Crippen LogP contribution < -0.4 is 10.6 Å². The molecule has 2 unspecified atom stereocenters. The molecule has 2 aliphatic carbocycles. The van der Waals surface area contributed by atoms with E-state index in [1.807, 2.05) is 29.2 Å². The molecule has 33 heavy (non-hydrogen) atoms. The molecule has 3 fully saturated rings. The van der Waals surface area contributed by atoms with E-state index in [1.165, 1.54) is 37.7 Å². The van der Waals surface area contributed by atoms with Crippen molar-refractivity contribution in [2.24, 2.45) is 17.8 Å². The third-order valence-electron chi connectivity index (χ3n) is 8.02. The van der Waals surface area contributed by atoms with Crippen LogP contribution in [0.2, 0.25) is 5.02 Å². The average molecular weight is 466 g/mol. The fourth-order valence-electron chi connectivity index (χ4n) is 6.92. The van der Waals surface area contributed by atoms with Gasteiger partial charge < -0.3 is 15.5 Å². The largest absolute Gasteiger partial charge is 0.354 e. The van der Waals surface area contributed by atoms with Crippen LogP contribution >= 0.6 is 11.6 Å². The van der Waals surface area contributed by atoms with E-state index in [0.29, 0.717) is 0 Å². The molecule has 0 spiro atoms. The molecular weight excluding hydrogens is 430 g/mol. The Morgan fingerprint density at radius 3 is 2.21 bits per heavy atom. The number of hydrogen-bond donors (Lipinski definition) is 2. The molecule has 1 aliphatic heterocycles. The summed E-state index contributed by atoms with van der Waals surface area (Å²) in [5.74, 6) is 2.44. The van der Waals surface area contributed by atoms with Gasteiger partial charge in [0.15, 0.2) is 0 Å². The van der Waals surface area contributed by atoms with E-state index in [2.05, 4.69) is 42.7 Å². The Bertz CT molecular complexity index is 979. The molecule has 2 atom stereocenters. The Kier molecular flexibility index (Phi) is 6.30. The van der Waals surface area contributed by atoms with E-state index in [0.717, 1.165) is 65.8 Å². The zero-order chi connectivity index (χ0) is 23.0. The lowest BCUT2D eigenvalue weighted by Gasteiger charge is -2.50. The number of nitrogens with one attached hydrogen (secondary N) is 2. The molecule has 2 aromatic rings. The van der Waals surface area contributed by atoms with E-state index >= 15 is 0 Å². The first-order chi connectivity index (χ1) is 15.9. The molecule has 1 heterocycles. The summed E-state index contributed by atoms with van der Waals surface area (Å²) < 4.78 is 0. The Hall–Kier alpha value is -2.20. The number of hydrogen-bond acceptors (Lipinski definition) is 2. The van der Waals surface area contributed by atoms with Crippen LogP contribution in [0.25, 0.3) is 0 Å². The summed E-state index contributed by atoms with van der Waals surface area (Å²) in [5, 5.41) is 7.22. The molecule has 2 N–H and O–H groups in total. The summed E-state index contributed by atoms with van der Waals surface area (Å²) in [6.07, 6.45) is 8.82. The van der Waals surface area contributed by atoms with Crippen molar-refractivity contribution < 1.29 is 4.79 Å². The molecular formula is C28H36ClN3O. The normalized spacial score (nSPS) is 29.1. The zero-order valence-electron chi connectivity index (χ0n) is 19.9. The van der Waals surface area contributed by atoms with Gasteiger partial charge in [0.25, 0.3) is 0 Å². The molecule has 1 saturated heterocycles. The topological polar surface area (TPSA) is 44.4 Å². The highest BCUT2D eigenvalue weighted by Crippen LogP contribution is 2.54. The Morgan fingerprint density at radius 1 is 0.939 bits per heavy atom. The molecule has 2 amide bonds. The number of urea groups is 1. The third kappa shape index (κ3) is 4.87. The van der Waals surface area contributed by atoms with Gasteiger partial charge in [-0.2, -0.15) is 0 Å². The van der Waals surface area contributed by atoms with Crippen LogP contribution in [-0.2, 0) is 5.41 Å². The van der Waals surface area contributed by atoms with Gasteiger partial charge in [-0.1, -0.05) is 31.5 Å². The number of carbonyl (C=O) groups is 1. The van der Waals surface area contributed by atoms with Crippen LogP contribution in [0.5, 0.6) is 0 Å². The maximum atomic E-state index is 12.3. The Balaban J connectivity index is 1.27. The number of rotatable bonds is 4. The molecule has 5 rings (SSSR count). The summed E-state index contributed by atoms with van der Waals surface area (Å²) in [7, 11) is 0. The lowest BCUT2D eigenvalue weighted by molar-refractivity contribution is 0.0780. The van der Waals surface area contributed by atoms with Crippen molar-refractivity contribution in [3.8, 4) is 0 Å². The van der Waals surface area contributed by atoms with Crippen LogP contribution in [0.3, 0.4) is 0 Å². The smallest absolute Gasteiger partial charge is 0.321 e. The van der Waals surface area contributed by atoms with Gasteiger partial charge in [0.05, 0.1) is 10.7 Å². The second-order valence-corrected chi connectivity index (χ2v) is 11.4. The lowest BCUT2D eigenvalue weighted by Crippen LogP contribution is -2.42. The van der Waals surface area contributed by atoms with Crippen molar-refractivity contribution in [1.29, 1.82) is 0 Å². The van der Waals surface area contributed by atoms with Crippen molar-refractivity contribution in [3.05, 3.63) is 53.1 Å². The molecule has 4 nitrogen and oxygen atoms in total. The van der Waals surface area contributed by atoms with Crippen molar-refractivity contribution in [2.45, 2.75) is 64.2 Å². The van der Waals surface area contributed by atoms with Crippen LogP contribution in [0, 0.1) is 17.8 Å². The standard InChI is InChI=1S/C28H36ClN3O/c1-19-13-21-14-20(2)17-28(16-19,18-21)22-5-10-26(25(29)15-22)30-23-6-8-24(9-7-23)31-27(33)32-11-3-4-12-32/h5-10,15,19-21,30H,3-4,11-14,16-18H2,1-2H3,(H,31,33). The van der Waals surface area contributed by atoms with Gasteiger partial charge >= 0.3 is 6.03 Å². The fourth-order valence-corrected chi connectivity index (χ4v) is 7.15. The summed E-state index contributed by atoms with van der Waals surface area (Å²) >= 11 is 6.79. The number of likely N-dealkylation sites (tertiary alicyclic amines) is 1. The Morgan fingerprint density at radius 2 is 1.58 bits per heavy atom. The molecule has 0 radical (unpaired) electrons. The minimum atomic E-state index is -0.0116. The fraction of sp³-hybridized carbons (Fsp3) is 0.536. The number of carbonyl (C=O) groups excluding carboxylic acids is 1. The van der Waals surface area contributed by atoms with Crippen molar-refractivity contribution in [3.63, 3.8) is 0 Å². The van der Waals surface area contributed by atoms with Gasteiger partial charge in [-0.15, -0.1) is 0 Å². The first kappa shape index (κ1) is 22.6. The molecule has 0 aromatic heterocycles. The molecule has 2 bridgehead atoms. The molecule has 2 saturated carbocycles. The molecule has 176 valence electrons. The second kappa shape index (κ2) is 9.21. The van der Waals surface area contributed by atoms with Crippen molar-refractivity contribution >= 4 is 34.7 Å². The van der Waals surface area contributed by atoms with Gasteiger partial charge in [-0.05, 0) is 110 Å². The molecule has 5 heteroatoms. The van der Waals surface area contributed by atoms with E-state index < -0.39 is 0 Å². The van der Waals surface area contributed by atoms with Crippen LogP contribution in [-0.4, -0.2) is 24.0 Å². The van der Waals surface area contributed by atoms with Gasteiger partial charge in [-0.3, -0.25) is 0 Å². The summed E-state index contributed by atoms with van der Waals surface area (Å²) in [4.78, 5) is 14.2. The highest BCUT2D eigenvalue weighted by Gasteiger charge is 2.45. The number of benzene rings is 2. The lowest BCUT2D eigenvalue weighted by atomic mass is 9.54. The van der Waals surface area contributed by atoms with E-state index in [9.17, 15) is 4.79 Å². The number of amides is 2. The first-order valence-electron chi connectivity index (χ1n) is 12.6. The van der Waals surface area contributed by atoms with Crippen molar-refractivity contribution in [1.82, 2.24) is 4.90 Å². The minimum Gasteiger partial charge on any atom is -0.354 e. The summed E-state index contributed by atoms with van der Waals surface area (Å²) in [6.45, 7) is 6.54. The van der Waals surface area contributed by atoms with Crippen LogP contribution in [0.1, 0.15) is 64.4 Å². The van der Waals surface area contributed by atoms with Crippen LogP contribution in [0.4, 0.5) is 21.9 Å². The van der Waals surface area contributed by atoms with E-state index in [4.69, 9.17) is 11.6 Å². The first-order valence-corrected chi connectivity index (χ1v) is 13.0. The molecule has 3 aliphatic rings. The predicted molar refractivity (Wildman–Crippen MR) is 138 cm³/mol. The Labute approximate surface area is 203 Å². The minimum absolute atomic E-state index is 0.0116. The third-order valence-corrected chi connectivity index (χ3v) is 8.33. The average Bonchev–Trinajstić information content (AvgIpc) is 3.30. The van der Waals surface area contributed by atoms with Gasteiger partial charge in [0.1, 0.15) is 0 Å². The maximum absolute atomic E-state index is 12.3. The quantitative estimate of drug-likeness (QED) is 0.483. The maximum Gasteiger partial charge on any atom is 0.321 e. The van der Waals surface area contributed by atoms with E-state index in [-0.39, 0.29) is 11.4 Å². The van der Waals surface area contributed by atoms with Gasteiger partial charge in [0.2, 0.25) is 0 Å². The number of halogens is 1. The summed E-state index contributed by atoms with van der Waals surface area (Å²) in [6, 6.07) is 14.5. The number of nitrogens with zero attached hydrogens (tertiary/aromatic N) is 1. The number of fused-ring (bicyclic) bond motifs is 2. The number of anilines is 3. The summed E-state index contributed by atoms with van der Waals surface area (Å²) in [5.41, 5.74) is 4.40. The second-order valence-electron chi connectivity index (χ2n) is 11.0. The highest BCUT2D eigenvalue weighted by molar-refractivity contribution is 6.33. The van der Waals surface area contributed by atoms with Crippen LogP contribution in [0.15, 0.2) is 42.5 Å². The monoisotopic (exact) mass is 465 g/mol. The SMILES string of the molecule is CC1CC2CC(C)CC(c3ccc(Nc4ccc(NC(=O)N5CCCC5)cc4)c(Cl)c3)(C1)C2. The zero-order valence-corrected chi connectivity index (χ0v) is 20.6.